The normalized spacial score (nSPS) is 17.5. The monoisotopic (exact) mass is 421 g/mol. The Kier molecular flexibility index (Phi) is 9.88. The van der Waals surface area contributed by atoms with Gasteiger partial charge in [-0.2, -0.15) is 0 Å². The molecule has 0 radical (unpaired) electrons. The molecule has 2 N–H and O–H groups in total. The minimum atomic E-state index is -0.541. The minimum absolute atomic E-state index is 0.246. The predicted molar refractivity (Wildman–Crippen MR) is 123 cm³/mol. The van der Waals surface area contributed by atoms with E-state index in [0.717, 1.165) is 13.1 Å². The summed E-state index contributed by atoms with van der Waals surface area (Å²) in [5, 5.41) is 13.9. The van der Waals surface area contributed by atoms with Gasteiger partial charge in [-0.1, -0.05) is 25.3 Å². The first kappa shape index (κ1) is 24.9. The fourth-order valence-corrected chi connectivity index (χ4v) is 4.15. The van der Waals surface area contributed by atoms with Gasteiger partial charge in [0.25, 0.3) is 0 Å². The zero-order chi connectivity index (χ0) is 22.1. The first-order valence-electron chi connectivity index (χ1n) is 11.3. The number of benzene rings is 1. The average molecular weight is 422 g/mol. The molecule has 0 bridgehead atoms. The number of aliphatic hydroxyl groups is 1. The summed E-state index contributed by atoms with van der Waals surface area (Å²) in [7, 11) is 8.07. The number of hydrogen-bond acceptors (Lipinski definition) is 6. The number of methoxy groups -OCH3 is 1. The molecule has 1 atom stereocenters. The molecule has 0 aliphatic heterocycles. The van der Waals surface area contributed by atoms with Gasteiger partial charge >= 0.3 is 0 Å². The van der Waals surface area contributed by atoms with Gasteiger partial charge in [-0.05, 0) is 65.5 Å². The summed E-state index contributed by atoms with van der Waals surface area (Å²) < 4.78 is 11.4. The molecule has 1 aromatic rings. The van der Waals surface area contributed by atoms with Crippen molar-refractivity contribution in [1.29, 1.82) is 0 Å². The number of nitrogens with zero attached hydrogens (tertiary/aromatic N) is 2. The molecule has 0 amide bonds. The first-order chi connectivity index (χ1) is 14.3. The van der Waals surface area contributed by atoms with Gasteiger partial charge in [0.15, 0.2) is 11.5 Å². The number of nitrogens with one attached hydrogen (secondary N) is 1. The highest BCUT2D eigenvalue weighted by Gasteiger charge is 2.33. The van der Waals surface area contributed by atoms with Crippen LogP contribution in [0.25, 0.3) is 0 Å². The summed E-state index contributed by atoms with van der Waals surface area (Å²) in [6.45, 7) is 6.84. The van der Waals surface area contributed by atoms with E-state index in [0.29, 0.717) is 24.1 Å². The molecule has 1 aliphatic rings. The van der Waals surface area contributed by atoms with Crippen LogP contribution in [0.15, 0.2) is 18.2 Å². The molecule has 1 fully saturated rings. The maximum Gasteiger partial charge on any atom is 0.161 e. The van der Waals surface area contributed by atoms with E-state index < -0.39 is 6.10 Å². The highest BCUT2D eigenvalue weighted by Crippen LogP contribution is 2.32. The van der Waals surface area contributed by atoms with E-state index in [-0.39, 0.29) is 12.1 Å². The molecule has 0 unspecified atom stereocenters. The zero-order valence-corrected chi connectivity index (χ0v) is 19.9. The number of rotatable bonds is 12. The highest BCUT2D eigenvalue weighted by molar-refractivity contribution is 5.43. The van der Waals surface area contributed by atoms with Gasteiger partial charge in [-0.15, -0.1) is 0 Å². The molecule has 1 saturated carbocycles. The number of likely N-dealkylation sites (N-methyl/N-ethyl adjacent to an activating group) is 2. The molecule has 30 heavy (non-hydrogen) atoms. The van der Waals surface area contributed by atoms with Crippen LogP contribution in [0.4, 0.5) is 0 Å². The van der Waals surface area contributed by atoms with E-state index in [4.69, 9.17) is 9.47 Å². The molecule has 0 aromatic heterocycles. The second-order valence-corrected chi connectivity index (χ2v) is 9.27. The zero-order valence-electron chi connectivity index (χ0n) is 19.9. The largest absolute Gasteiger partial charge is 0.493 e. The van der Waals surface area contributed by atoms with Gasteiger partial charge in [0.2, 0.25) is 0 Å². The molecular weight excluding hydrogens is 378 g/mol. The molecule has 6 heteroatoms. The van der Waals surface area contributed by atoms with Crippen LogP contribution in [0, 0.1) is 0 Å². The second kappa shape index (κ2) is 11.9. The summed E-state index contributed by atoms with van der Waals surface area (Å²) in [4.78, 5) is 4.51. The van der Waals surface area contributed by atoms with Crippen LogP contribution < -0.4 is 14.8 Å². The Morgan fingerprint density at radius 1 is 1.10 bits per heavy atom. The first-order valence-corrected chi connectivity index (χ1v) is 11.3. The molecule has 0 heterocycles. The fraction of sp³-hybridized carbons (Fsp3) is 0.750. The van der Waals surface area contributed by atoms with Crippen molar-refractivity contribution < 1.29 is 14.6 Å². The van der Waals surface area contributed by atoms with Gasteiger partial charge in [0, 0.05) is 31.2 Å². The molecule has 2 rings (SSSR count). The molecule has 6 nitrogen and oxygen atoms in total. The number of hydrogen-bond donors (Lipinski definition) is 2. The van der Waals surface area contributed by atoms with Crippen molar-refractivity contribution in [3.8, 4) is 11.5 Å². The van der Waals surface area contributed by atoms with E-state index >= 15 is 0 Å². The van der Waals surface area contributed by atoms with Crippen molar-refractivity contribution in [3.05, 3.63) is 23.8 Å². The Morgan fingerprint density at radius 2 is 1.80 bits per heavy atom. The van der Waals surface area contributed by atoms with Gasteiger partial charge in [-0.25, -0.2) is 0 Å². The van der Waals surface area contributed by atoms with E-state index in [9.17, 15) is 5.11 Å². The van der Waals surface area contributed by atoms with Crippen LogP contribution in [-0.2, 0) is 6.54 Å². The summed E-state index contributed by atoms with van der Waals surface area (Å²) in [6.07, 6.45) is 5.98. The minimum Gasteiger partial charge on any atom is -0.493 e. The standard InChI is InChI=1S/C24H43N3O3/c1-19(2)27(5)16-21(28)17-30-22-11-10-20(14-23(22)29-6)15-25-18-24(26(3)4)12-8-7-9-13-24/h10-11,14,19,21,25,28H,7-9,12-13,15-18H2,1-6H3/t21-/m1/s1. The number of aliphatic hydroxyl groups excluding tert-OH is 1. The lowest BCUT2D eigenvalue weighted by Gasteiger charge is -2.43. The maximum absolute atomic E-state index is 10.2. The summed E-state index contributed by atoms with van der Waals surface area (Å²) in [5.74, 6) is 1.38. The summed E-state index contributed by atoms with van der Waals surface area (Å²) in [6, 6.07) is 6.43. The predicted octanol–water partition coefficient (Wildman–Crippen LogP) is 3.13. The van der Waals surface area contributed by atoms with Crippen LogP contribution in [-0.4, -0.2) is 80.5 Å². The third-order valence-electron chi connectivity index (χ3n) is 6.56. The third-order valence-corrected chi connectivity index (χ3v) is 6.56. The van der Waals surface area contributed by atoms with Gasteiger partial charge in [0.05, 0.1) is 7.11 Å². The van der Waals surface area contributed by atoms with E-state index in [2.05, 4.69) is 49.1 Å². The van der Waals surface area contributed by atoms with Crippen molar-refractivity contribution in [1.82, 2.24) is 15.1 Å². The Bertz CT molecular complexity index is 630. The maximum atomic E-state index is 10.2. The van der Waals surface area contributed by atoms with Crippen molar-refractivity contribution in [2.75, 3.05) is 47.9 Å². The lowest BCUT2D eigenvalue weighted by atomic mass is 9.80. The van der Waals surface area contributed by atoms with E-state index in [1.54, 1.807) is 7.11 Å². The molecule has 172 valence electrons. The SMILES string of the molecule is COc1cc(CNCC2(N(C)C)CCCCC2)ccc1OC[C@H](O)CN(C)C(C)C. The lowest BCUT2D eigenvalue weighted by Crippen LogP contribution is -2.52. The summed E-state index contributed by atoms with van der Waals surface area (Å²) >= 11 is 0. The molecule has 1 aromatic carbocycles. The van der Waals surface area contributed by atoms with E-state index in [1.165, 1.54) is 37.7 Å². The van der Waals surface area contributed by atoms with Crippen LogP contribution in [0.2, 0.25) is 0 Å². The average Bonchev–Trinajstić information content (AvgIpc) is 2.73. The lowest BCUT2D eigenvalue weighted by molar-refractivity contribution is 0.0668. The fourth-order valence-electron chi connectivity index (χ4n) is 4.15. The topological polar surface area (TPSA) is 57.2 Å². The van der Waals surface area contributed by atoms with Gasteiger partial charge in [0.1, 0.15) is 12.7 Å². The van der Waals surface area contributed by atoms with Crippen LogP contribution in [0.5, 0.6) is 11.5 Å². The van der Waals surface area contributed by atoms with E-state index in [1.807, 2.05) is 19.2 Å². The van der Waals surface area contributed by atoms with Crippen LogP contribution >= 0.6 is 0 Å². The second-order valence-electron chi connectivity index (χ2n) is 9.27. The Balaban J connectivity index is 1.89. The van der Waals surface area contributed by atoms with Crippen LogP contribution in [0.3, 0.4) is 0 Å². The van der Waals surface area contributed by atoms with Crippen LogP contribution in [0.1, 0.15) is 51.5 Å². The van der Waals surface area contributed by atoms with Crippen molar-refractivity contribution in [2.45, 2.75) is 70.2 Å². The van der Waals surface area contributed by atoms with Crippen molar-refractivity contribution >= 4 is 0 Å². The van der Waals surface area contributed by atoms with Crippen molar-refractivity contribution in [3.63, 3.8) is 0 Å². The molecule has 0 saturated heterocycles. The molecule has 1 aliphatic carbocycles. The molecule has 0 spiro atoms. The third kappa shape index (κ3) is 7.12. The smallest absolute Gasteiger partial charge is 0.161 e. The Morgan fingerprint density at radius 3 is 2.40 bits per heavy atom. The number of ether oxygens (including phenoxy) is 2. The summed E-state index contributed by atoms with van der Waals surface area (Å²) in [5.41, 5.74) is 1.44. The van der Waals surface area contributed by atoms with Gasteiger partial charge < -0.3 is 29.7 Å². The van der Waals surface area contributed by atoms with Crippen molar-refractivity contribution in [2.24, 2.45) is 0 Å². The Hall–Kier alpha value is -1.34. The quantitative estimate of drug-likeness (QED) is 0.541. The molecular formula is C24H43N3O3. The highest BCUT2D eigenvalue weighted by atomic mass is 16.5. The Labute approximate surface area is 183 Å². The van der Waals surface area contributed by atoms with Gasteiger partial charge in [-0.3, -0.25) is 0 Å².